The van der Waals surface area contributed by atoms with E-state index in [1.165, 1.54) is 30.3 Å². The minimum Gasteiger partial charge on any atom is -0.316 e. The third-order valence-corrected chi connectivity index (χ3v) is 3.67. The smallest absolute Gasteiger partial charge is 0.293 e. The molecule has 0 saturated carbocycles. The molecule has 0 spiro atoms. The molecular weight excluding hydrogens is 390 g/mol. The Morgan fingerprint density at radius 3 is 2.62 bits per heavy atom. The SMILES string of the molecule is Cc1ccc(NC(=O)c2ccc(F)cc2I)c([N+](=O)[O-])c1. The summed E-state index contributed by atoms with van der Waals surface area (Å²) in [7, 11) is 0. The number of halogens is 2. The number of nitrogens with one attached hydrogen (secondary N) is 1. The minimum atomic E-state index is -0.557. The summed E-state index contributed by atoms with van der Waals surface area (Å²) in [4.78, 5) is 22.6. The van der Waals surface area contributed by atoms with Crippen molar-refractivity contribution >= 4 is 39.9 Å². The zero-order valence-electron chi connectivity index (χ0n) is 10.9. The number of nitrogens with zero attached hydrogens (tertiary/aromatic N) is 1. The van der Waals surface area contributed by atoms with Gasteiger partial charge in [0.05, 0.1) is 10.5 Å². The number of hydrogen-bond donors (Lipinski definition) is 1. The Balaban J connectivity index is 2.34. The van der Waals surface area contributed by atoms with Gasteiger partial charge in [0.1, 0.15) is 11.5 Å². The van der Waals surface area contributed by atoms with Crippen LogP contribution in [0, 0.1) is 26.4 Å². The van der Waals surface area contributed by atoms with Crippen LogP contribution in [0.15, 0.2) is 36.4 Å². The van der Waals surface area contributed by atoms with Crippen LogP contribution in [0.2, 0.25) is 0 Å². The van der Waals surface area contributed by atoms with Gasteiger partial charge in [-0.3, -0.25) is 14.9 Å². The lowest BCUT2D eigenvalue weighted by atomic mass is 10.1. The van der Waals surface area contributed by atoms with Crippen LogP contribution in [-0.2, 0) is 0 Å². The highest BCUT2D eigenvalue weighted by Crippen LogP contribution is 2.26. The summed E-state index contributed by atoms with van der Waals surface area (Å²) in [5.41, 5.74) is 0.902. The highest BCUT2D eigenvalue weighted by Gasteiger charge is 2.18. The number of benzene rings is 2. The lowest BCUT2D eigenvalue weighted by molar-refractivity contribution is -0.384. The second-order valence-electron chi connectivity index (χ2n) is 4.36. The Morgan fingerprint density at radius 2 is 2.00 bits per heavy atom. The average Bonchev–Trinajstić information content (AvgIpc) is 2.40. The summed E-state index contributed by atoms with van der Waals surface area (Å²) in [6.07, 6.45) is 0. The maximum Gasteiger partial charge on any atom is 0.293 e. The molecule has 2 rings (SSSR count). The molecule has 0 heterocycles. The number of nitro benzene ring substituents is 1. The molecule has 2 aromatic rings. The quantitative estimate of drug-likeness (QED) is 0.483. The van der Waals surface area contributed by atoms with E-state index in [2.05, 4.69) is 5.32 Å². The van der Waals surface area contributed by atoms with Crippen molar-refractivity contribution in [1.29, 1.82) is 0 Å². The predicted octanol–water partition coefficient (Wildman–Crippen LogP) is 3.90. The molecule has 0 aliphatic carbocycles. The van der Waals surface area contributed by atoms with E-state index in [1.807, 2.05) is 22.6 Å². The van der Waals surface area contributed by atoms with Gasteiger partial charge in [0.2, 0.25) is 0 Å². The van der Waals surface area contributed by atoms with E-state index in [-0.39, 0.29) is 16.9 Å². The van der Waals surface area contributed by atoms with Crippen molar-refractivity contribution < 1.29 is 14.1 Å². The van der Waals surface area contributed by atoms with Gasteiger partial charge in [-0.25, -0.2) is 4.39 Å². The third kappa shape index (κ3) is 3.54. The van der Waals surface area contributed by atoms with E-state index in [0.717, 1.165) is 5.56 Å². The van der Waals surface area contributed by atoms with Crippen LogP contribution in [0.1, 0.15) is 15.9 Å². The summed E-state index contributed by atoms with van der Waals surface area (Å²) in [5, 5.41) is 13.5. The molecule has 0 aliphatic rings. The third-order valence-electron chi connectivity index (χ3n) is 2.77. The van der Waals surface area contributed by atoms with Gasteiger partial charge in [-0.2, -0.15) is 0 Å². The lowest BCUT2D eigenvalue weighted by Gasteiger charge is -2.08. The van der Waals surface area contributed by atoms with E-state index in [9.17, 15) is 19.3 Å². The Hall–Kier alpha value is -2.03. The van der Waals surface area contributed by atoms with Gasteiger partial charge in [-0.15, -0.1) is 0 Å². The summed E-state index contributed by atoms with van der Waals surface area (Å²) in [6, 6.07) is 8.25. The zero-order chi connectivity index (χ0) is 15.6. The molecule has 1 amide bonds. The molecule has 0 saturated heterocycles. The van der Waals surface area contributed by atoms with Gasteiger partial charge in [0.25, 0.3) is 11.6 Å². The molecule has 0 aromatic heterocycles. The van der Waals surface area contributed by atoms with Gasteiger partial charge < -0.3 is 5.32 Å². The van der Waals surface area contributed by atoms with Crippen LogP contribution in [0.5, 0.6) is 0 Å². The van der Waals surface area contributed by atoms with Crippen LogP contribution in [0.25, 0.3) is 0 Å². The first-order valence-corrected chi connectivity index (χ1v) is 6.98. The van der Waals surface area contributed by atoms with Crippen molar-refractivity contribution in [3.05, 3.63) is 67.0 Å². The van der Waals surface area contributed by atoms with E-state index >= 15 is 0 Å². The molecular formula is C14H10FIN2O3. The first kappa shape index (κ1) is 15.4. The highest BCUT2D eigenvalue weighted by atomic mass is 127. The Morgan fingerprint density at radius 1 is 1.29 bits per heavy atom. The molecule has 0 unspecified atom stereocenters. The number of rotatable bonds is 3. The number of anilines is 1. The molecule has 21 heavy (non-hydrogen) atoms. The fourth-order valence-corrected chi connectivity index (χ4v) is 2.48. The number of carbonyl (C=O) groups is 1. The van der Waals surface area contributed by atoms with Gasteiger partial charge >= 0.3 is 0 Å². The maximum atomic E-state index is 13.0. The van der Waals surface area contributed by atoms with Crippen LogP contribution in [-0.4, -0.2) is 10.8 Å². The molecule has 0 bridgehead atoms. The normalized spacial score (nSPS) is 10.2. The first-order chi connectivity index (χ1) is 9.88. The zero-order valence-corrected chi connectivity index (χ0v) is 13.0. The molecule has 108 valence electrons. The second-order valence-corrected chi connectivity index (χ2v) is 5.52. The largest absolute Gasteiger partial charge is 0.316 e. The Labute approximate surface area is 133 Å². The predicted molar refractivity (Wildman–Crippen MR) is 84.9 cm³/mol. The van der Waals surface area contributed by atoms with Crippen molar-refractivity contribution in [2.24, 2.45) is 0 Å². The molecule has 2 aromatic carbocycles. The van der Waals surface area contributed by atoms with Crippen molar-refractivity contribution in [3.8, 4) is 0 Å². The molecule has 0 radical (unpaired) electrons. The highest BCUT2D eigenvalue weighted by molar-refractivity contribution is 14.1. The number of carbonyl (C=O) groups excluding carboxylic acids is 1. The minimum absolute atomic E-state index is 0.107. The topological polar surface area (TPSA) is 72.2 Å². The maximum absolute atomic E-state index is 13.0. The molecule has 0 atom stereocenters. The van der Waals surface area contributed by atoms with Crippen LogP contribution in [0.4, 0.5) is 15.8 Å². The van der Waals surface area contributed by atoms with E-state index in [4.69, 9.17) is 0 Å². The number of amides is 1. The van der Waals surface area contributed by atoms with E-state index in [1.54, 1.807) is 13.0 Å². The van der Waals surface area contributed by atoms with Gasteiger partial charge in [0, 0.05) is 9.64 Å². The van der Waals surface area contributed by atoms with Crippen molar-refractivity contribution in [3.63, 3.8) is 0 Å². The second kappa shape index (κ2) is 6.17. The average molecular weight is 400 g/mol. The molecule has 7 heteroatoms. The van der Waals surface area contributed by atoms with Gasteiger partial charge in [-0.1, -0.05) is 6.07 Å². The first-order valence-electron chi connectivity index (χ1n) is 5.90. The molecule has 0 aliphatic heterocycles. The van der Waals surface area contributed by atoms with E-state index in [0.29, 0.717) is 3.57 Å². The van der Waals surface area contributed by atoms with E-state index < -0.39 is 16.6 Å². The molecule has 0 fully saturated rings. The van der Waals surface area contributed by atoms with Crippen molar-refractivity contribution in [1.82, 2.24) is 0 Å². The summed E-state index contributed by atoms with van der Waals surface area (Å²) in [5.74, 6) is -0.969. The fourth-order valence-electron chi connectivity index (χ4n) is 1.76. The molecule has 5 nitrogen and oxygen atoms in total. The lowest BCUT2D eigenvalue weighted by Crippen LogP contribution is -2.14. The van der Waals surface area contributed by atoms with Crippen LogP contribution < -0.4 is 5.32 Å². The van der Waals surface area contributed by atoms with Gasteiger partial charge in [-0.05, 0) is 59.3 Å². The standard InChI is InChI=1S/C14H10FIN2O3/c1-8-2-5-12(13(6-8)18(20)21)17-14(19)10-4-3-9(15)7-11(10)16/h2-7H,1H3,(H,17,19). The van der Waals surface area contributed by atoms with Crippen LogP contribution >= 0.6 is 22.6 Å². The summed E-state index contributed by atoms with van der Waals surface area (Å²) < 4.78 is 13.5. The fraction of sp³-hybridized carbons (Fsp3) is 0.0714. The number of nitro groups is 1. The summed E-state index contributed by atoms with van der Waals surface area (Å²) >= 11 is 1.84. The molecule has 1 N–H and O–H groups in total. The Kier molecular flexibility index (Phi) is 4.51. The Bertz CT molecular complexity index is 734. The monoisotopic (exact) mass is 400 g/mol. The number of hydrogen-bond acceptors (Lipinski definition) is 3. The summed E-state index contributed by atoms with van der Waals surface area (Å²) in [6.45, 7) is 1.72. The van der Waals surface area contributed by atoms with Crippen molar-refractivity contribution in [2.75, 3.05) is 5.32 Å². The van der Waals surface area contributed by atoms with Gasteiger partial charge in [0.15, 0.2) is 0 Å². The number of aryl methyl sites for hydroxylation is 1. The van der Waals surface area contributed by atoms with Crippen LogP contribution in [0.3, 0.4) is 0 Å². The van der Waals surface area contributed by atoms with Crippen molar-refractivity contribution in [2.45, 2.75) is 6.92 Å².